The summed E-state index contributed by atoms with van der Waals surface area (Å²) in [6.45, 7) is 0. The molecule has 5 aromatic rings. The van der Waals surface area contributed by atoms with Gasteiger partial charge in [-0.25, -0.2) is 0 Å². The average Bonchev–Trinajstić information content (AvgIpc) is 3.06. The van der Waals surface area contributed by atoms with Crippen LogP contribution in [0.2, 0.25) is 0 Å². The quantitative estimate of drug-likeness (QED) is 0.365. The summed E-state index contributed by atoms with van der Waals surface area (Å²) in [4.78, 5) is 0. The van der Waals surface area contributed by atoms with Gasteiger partial charge in [0.2, 0.25) is 0 Å². The molecule has 0 radical (unpaired) electrons. The summed E-state index contributed by atoms with van der Waals surface area (Å²) in [5, 5.41) is 10.3. The van der Waals surface area contributed by atoms with E-state index in [1.54, 1.807) is 0 Å². The summed E-state index contributed by atoms with van der Waals surface area (Å²) in [5.41, 5.74) is 2.81. The van der Waals surface area contributed by atoms with Gasteiger partial charge in [-0.2, -0.15) is 0 Å². The molecule has 0 aliphatic heterocycles. The maximum atomic E-state index is 5.61. The van der Waals surface area contributed by atoms with Gasteiger partial charge in [0, 0.05) is 10.9 Å². The normalized spacial score (nSPS) is 11.5. The fourth-order valence-corrected chi connectivity index (χ4v) is 3.32. The Balaban J connectivity index is 2.03. The molecular weight excluding hydrogens is 282 g/mol. The highest BCUT2D eigenvalue weighted by atomic mass is 16.5. The largest absolute Gasteiger partial charge is 0.356 e. The minimum Gasteiger partial charge on any atom is -0.356 e. The van der Waals surface area contributed by atoms with Crippen molar-refractivity contribution < 1.29 is 4.52 Å². The first-order valence-corrected chi connectivity index (χ1v) is 7.67. The molecule has 0 saturated carbocycles. The fourth-order valence-electron chi connectivity index (χ4n) is 3.32. The van der Waals surface area contributed by atoms with Gasteiger partial charge in [-0.1, -0.05) is 78.0 Å². The number of nitrogens with zero attached hydrogens (tertiary/aromatic N) is 1. The minimum absolute atomic E-state index is 0.827. The molecular formula is C21H13NO. The van der Waals surface area contributed by atoms with Crippen molar-refractivity contribution in [2.45, 2.75) is 0 Å². The van der Waals surface area contributed by atoms with Crippen LogP contribution >= 0.6 is 0 Å². The van der Waals surface area contributed by atoms with E-state index in [1.807, 2.05) is 24.3 Å². The van der Waals surface area contributed by atoms with E-state index in [4.69, 9.17) is 4.52 Å². The average molecular weight is 295 g/mol. The highest BCUT2D eigenvalue weighted by molar-refractivity contribution is 6.22. The van der Waals surface area contributed by atoms with Crippen LogP contribution in [0.1, 0.15) is 0 Å². The third-order valence-corrected chi connectivity index (χ3v) is 4.39. The summed E-state index contributed by atoms with van der Waals surface area (Å²) in [6.07, 6.45) is 0. The molecule has 2 nitrogen and oxygen atoms in total. The van der Waals surface area contributed by atoms with Crippen molar-refractivity contribution in [2.75, 3.05) is 0 Å². The van der Waals surface area contributed by atoms with Crippen LogP contribution < -0.4 is 0 Å². The second kappa shape index (κ2) is 4.68. The molecule has 5 rings (SSSR count). The predicted molar refractivity (Wildman–Crippen MR) is 94.5 cm³/mol. The van der Waals surface area contributed by atoms with E-state index in [9.17, 15) is 0 Å². The van der Waals surface area contributed by atoms with Gasteiger partial charge in [-0.3, -0.25) is 0 Å². The van der Waals surface area contributed by atoms with Gasteiger partial charge >= 0.3 is 0 Å². The third kappa shape index (κ3) is 1.78. The molecule has 1 aromatic heterocycles. The molecule has 108 valence electrons. The zero-order valence-corrected chi connectivity index (χ0v) is 12.4. The van der Waals surface area contributed by atoms with E-state index in [0.29, 0.717) is 0 Å². The molecule has 0 N–H and O–H groups in total. The van der Waals surface area contributed by atoms with E-state index >= 15 is 0 Å². The molecule has 4 aromatic carbocycles. The Morgan fingerprint density at radius 1 is 0.609 bits per heavy atom. The van der Waals surface area contributed by atoms with E-state index < -0.39 is 0 Å². The van der Waals surface area contributed by atoms with Gasteiger partial charge < -0.3 is 4.52 Å². The monoisotopic (exact) mass is 295 g/mol. The zero-order chi connectivity index (χ0) is 15.2. The summed E-state index contributed by atoms with van der Waals surface area (Å²) in [5.74, 6) is 0. The molecule has 0 spiro atoms. The Bertz CT molecular complexity index is 1160. The summed E-state index contributed by atoms with van der Waals surface area (Å²) >= 11 is 0. The van der Waals surface area contributed by atoms with Crippen LogP contribution in [0.5, 0.6) is 0 Å². The maximum Gasteiger partial charge on any atom is 0.168 e. The first-order valence-electron chi connectivity index (χ1n) is 7.67. The first-order chi connectivity index (χ1) is 11.4. The zero-order valence-electron chi connectivity index (χ0n) is 12.4. The lowest BCUT2D eigenvalue weighted by atomic mass is 9.96. The van der Waals surface area contributed by atoms with Gasteiger partial charge in [0.1, 0.15) is 5.69 Å². The van der Waals surface area contributed by atoms with Crippen molar-refractivity contribution in [1.82, 2.24) is 5.16 Å². The minimum atomic E-state index is 0.827. The number of aromatic nitrogens is 1. The van der Waals surface area contributed by atoms with Crippen LogP contribution in [-0.4, -0.2) is 5.16 Å². The van der Waals surface area contributed by atoms with Gasteiger partial charge in [0.25, 0.3) is 0 Å². The number of hydrogen-bond acceptors (Lipinski definition) is 2. The first kappa shape index (κ1) is 12.4. The van der Waals surface area contributed by atoms with Crippen LogP contribution in [0.25, 0.3) is 43.8 Å². The highest BCUT2D eigenvalue weighted by Gasteiger charge is 2.15. The Kier molecular flexibility index (Phi) is 2.53. The molecule has 0 aliphatic rings. The smallest absolute Gasteiger partial charge is 0.168 e. The van der Waals surface area contributed by atoms with Crippen molar-refractivity contribution >= 4 is 32.5 Å². The molecule has 0 unspecified atom stereocenters. The van der Waals surface area contributed by atoms with Crippen LogP contribution in [0.3, 0.4) is 0 Å². The third-order valence-electron chi connectivity index (χ3n) is 4.39. The van der Waals surface area contributed by atoms with Gasteiger partial charge in [-0.15, -0.1) is 0 Å². The Morgan fingerprint density at radius 2 is 1.35 bits per heavy atom. The Labute approximate surface area is 132 Å². The van der Waals surface area contributed by atoms with Gasteiger partial charge in [0.15, 0.2) is 5.58 Å². The number of rotatable bonds is 1. The number of hydrogen-bond donors (Lipinski definition) is 0. The van der Waals surface area contributed by atoms with Gasteiger partial charge in [0.05, 0.1) is 5.39 Å². The predicted octanol–water partition coefficient (Wildman–Crippen LogP) is 5.80. The molecule has 0 fully saturated rings. The Morgan fingerprint density at radius 3 is 2.26 bits per heavy atom. The number of fused-ring (bicyclic) bond motifs is 5. The lowest BCUT2D eigenvalue weighted by Gasteiger charge is -2.06. The SMILES string of the molecule is c1ccc(-c2noc3ccc4ccc5ccccc5c4c23)cc1. The molecule has 0 amide bonds. The van der Waals surface area contributed by atoms with Crippen molar-refractivity contribution in [3.63, 3.8) is 0 Å². The van der Waals surface area contributed by atoms with Crippen LogP contribution in [-0.2, 0) is 0 Å². The molecule has 0 bridgehead atoms. The number of benzene rings is 4. The topological polar surface area (TPSA) is 26.0 Å². The standard InChI is InChI=1S/C21H13NO/c1-2-7-16(8-3-1)21-20-18(23-22-21)13-12-15-11-10-14-6-4-5-9-17(14)19(15)20/h1-13H. The highest BCUT2D eigenvalue weighted by Crippen LogP contribution is 2.37. The van der Waals surface area contributed by atoms with Gasteiger partial charge in [-0.05, 0) is 22.2 Å². The second-order valence-electron chi connectivity index (χ2n) is 5.72. The van der Waals surface area contributed by atoms with E-state index in [0.717, 1.165) is 22.2 Å². The summed E-state index contributed by atoms with van der Waals surface area (Å²) < 4.78 is 5.61. The van der Waals surface area contributed by atoms with E-state index in [1.165, 1.54) is 21.5 Å². The van der Waals surface area contributed by atoms with Crippen LogP contribution in [0, 0.1) is 0 Å². The summed E-state index contributed by atoms with van der Waals surface area (Å²) in [7, 11) is 0. The van der Waals surface area contributed by atoms with E-state index in [2.05, 4.69) is 59.8 Å². The van der Waals surface area contributed by atoms with Crippen molar-refractivity contribution in [1.29, 1.82) is 0 Å². The molecule has 2 heteroatoms. The second-order valence-corrected chi connectivity index (χ2v) is 5.72. The van der Waals surface area contributed by atoms with Crippen LogP contribution in [0.4, 0.5) is 0 Å². The summed E-state index contributed by atoms with van der Waals surface area (Å²) in [6, 6.07) is 27.1. The van der Waals surface area contributed by atoms with Crippen molar-refractivity contribution in [3.05, 3.63) is 78.9 Å². The maximum absolute atomic E-state index is 5.61. The van der Waals surface area contributed by atoms with E-state index in [-0.39, 0.29) is 0 Å². The van der Waals surface area contributed by atoms with Crippen LogP contribution in [0.15, 0.2) is 83.4 Å². The Hall–Kier alpha value is -3.13. The molecule has 1 heterocycles. The van der Waals surface area contributed by atoms with Crippen molar-refractivity contribution in [3.8, 4) is 11.3 Å². The molecule has 0 atom stereocenters. The molecule has 0 saturated heterocycles. The molecule has 0 aliphatic carbocycles. The lowest BCUT2D eigenvalue weighted by molar-refractivity contribution is 0.459. The fraction of sp³-hybridized carbons (Fsp3) is 0. The lowest BCUT2D eigenvalue weighted by Crippen LogP contribution is -1.82. The van der Waals surface area contributed by atoms with Crippen molar-refractivity contribution in [2.24, 2.45) is 0 Å². The molecule has 23 heavy (non-hydrogen) atoms.